The van der Waals surface area contributed by atoms with Crippen LogP contribution in [-0.4, -0.2) is 26.7 Å². The molecule has 0 unspecified atom stereocenters. The second-order valence-corrected chi connectivity index (χ2v) is 4.89. The highest BCUT2D eigenvalue weighted by molar-refractivity contribution is 5.92. The molecule has 20 heavy (non-hydrogen) atoms. The fourth-order valence-electron chi connectivity index (χ4n) is 1.75. The van der Waals surface area contributed by atoms with Gasteiger partial charge in [0, 0.05) is 18.2 Å². The maximum absolute atomic E-state index is 11.7. The van der Waals surface area contributed by atoms with Crippen LogP contribution in [0, 0.1) is 5.92 Å². The van der Waals surface area contributed by atoms with Crippen molar-refractivity contribution in [3.63, 3.8) is 0 Å². The Hall–Kier alpha value is -1.97. The molecule has 0 aromatic heterocycles. The molecule has 1 N–H and O–H groups in total. The van der Waals surface area contributed by atoms with Crippen LogP contribution < -0.4 is 14.8 Å². The number of rotatable bonds is 7. The lowest BCUT2D eigenvalue weighted by atomic mass is 10.1. The fourth-order valence-corrected chi connectivity index (χ4v) is 1.75. The Morgan fingerprint density at radius 1 is 1.30 bits per heavy atom. The third-order valence-corrected chi connectivity index (χ3v) is 2.87. The Morgan fingerprint density at radius 3 is 2.65 bits per heavy atom. The van der Waals surface area contributed by atoms with Gasteiger partial charge in [-0.3, -0.25) is 4.79 Å². The zero-order valence-corrected chi connectivity index (χ0v) is 12.6. The van der Waals surface area contributed by atoms with Gasteiger partial charge in [0.15, 0.2) is 11.5 Å². The molecule has 0 atom stereocenters. The lowest BCUT2D eigenvalue weighted by molar-refractivity contribution is -0.116. The van der Waals surface area contributed by atoms with Crippen molar-refractivity contribution in [2.45, 2.75) is 20.3 Å². The molecule has 1 rings (SSSR count). The summed E-state index contributed by atoms with van der Waals surface area (Å²) in [5, 5.41) is 2.85. The van der Waals surface area contributed by atoms with Crippen LogP contribution >= 0.6 is 0 Å². The van der Waals surface area contributed by atoms with Gasteiger partial charge in [0.05, 0.1) is 14.2 Å². The minimum absolute atomic E-state index is 0.101. The van der Waals surface area contributed by atoms with Crippen LogP contribution in [0.5, 0.6) is 11.5 Å². The van der Waals surface area contributed by atoms with Gasteiger partial charge < -0.3 is 14.8 Å². The van der Waals surface area contributed by atoms with Crippen LogP contribution in [0.25, 0.3) is 6.08 Å². The van der Waals surface area contributed by atoms with Crippen molar-refractivity contribution < 1.29 is 14.3 Å². The monoisotopic (exact) mass is 277 g/mol. The number of hydrogen-bond acceptors (Lipinski definition) is 3. The Balaban J connectivity index is 2.68. The minimum atomic E-state index is -0.101. The van der Waals surface area contributed by atoms with Crippen molar-refractivity contribution >= 4 is 12.0 Å². The van der Waals surface area contributed by atoms with E-state index in [0.717, 1.165) is 12.0 Å². The SMILES string of the molecule is COc1cccc(/C=C/C(=O)NCCC(C)C)c1OC. The van der Waals surface area contributed by atoms with Gasteiger partial charge in [0.2, 0.25) is 5.91 Å². The predicted molar refractivity (Wildman–Crippen MR) is 81.0 cm³/mol. The minimum Gasteiger partial charge on any atom is -0.493 e. The summed E-state index contributed by atoms with van der Waals surface area (Å²) >= 11 is 0. The molecule has 0 aliphatic rings. The summed E-state index contributed by atoms with van der Waals surface area (Å²) < 4.78 is 10.5. The maximum Gasteiger partial charge on any atom is 0.244 e. The first kappa shape index (κ1) is 16.1. The molecule has 0 saturated carbocycles. The quantitative estimate of drug-likeness (QED) is 0.780. The van der Waals surface area contributed by atoms with E-state index in [2.05, 4.69) is 19.2 Å². The number of ether oxygens (including phenoxy) is 2. The number of para-hydroxylation sites is 1. The average molecular weight is 277 g/mol. The fraction of sp³-hybridized carbons (Fsp3) is 0.438. The number of hydrogen-bond donors (Lipinski definition) is 1. The smallest absolute Gasteiger partial charge is 0.244 e. The van der Waals surface area contributed by atoms with Crippen molar-refractivity contribution in [1.82, 2.24) is 5.32 Å². The van der Waals surface area contributed by atoms with Gasteiger partial charge >= 0.3 is 0 Å². The molecule has 4 nitrogen and oxygen atoms in total. The maximum atomic E-state index is 11.7. The van der Waals surface area contributed by atoms with Crippen molar-refractivity contribution in [3.05, 3.63) is 29.8 Å². The molecular formula is C16H23NO3. The largest absolute Gasteiger partial charge is 0.493 e. The standard InChI is InChI=1S/C16H23NO3/c1-12(2)10-11-17-15(18)9-8-13-6-5-7-14(19-3)16(13)20-4/h5-9,12H,10-11H2,1-4H3,(H,17,18)/b9-8+. The Bertz CT molecular complexity index is 467. The second kappa shape index (κ2) is 8.25. The zero-order chi connectivity index (χ0) is 15.0. The Kier molecular flexibility index (Phi) is 6.64. The van der Waals surface area contributed by atoms with Crippen LogP contribution in [0.1, 0.15) is 25.8 Å². The lowest BCUT2D eigenvalue weighted by Crippen LogP contribution is -2.23. The number of amides is 1. The third kappa shape index (κ3) is 4.96. The zero-order valence-electron chi connectivity index (χ0n) is 12.6. The summed E-state index contributed by atoms with van der Waals surface area (Å²) in [4.78, 5) is 11.7. The molecule has 110 valence electrons. The van der Waals surface area contributed by atoms with Gasteiger partial charge in [-0.25, -0.2) is 0 Å². The van der Waals surface area contributed by atoms with Gasteiger partial charge in [-0.1, -0.05) is 26.0 Å². The summed E-state index contributed by atoms with van der Waals surface area (Å²) in [6.45, 7) is 4.95. The molecular weight excluding hydrogens is 254 g/mol. The first-order chi connectivity index (χ1) is 9.58. The molecule has 0 radical (unpaired) electrons. The molecule has 0 heterocycles. The third-order valence-electron chi connectivity index (χ3n) is 2.87. The highest BCUT2D eigenvalue weighted by Crippen LogP contribution is 2.31. The van der Waals surface area contributed by atoms with Crippen LogP contribution in [0.2, 0.25) is 0 Å². The molecule has 0 spiro atoms. The number of benzene rings is 1. The van der Waals surface area contributed by atoms with E-state index in [0.29, 0.717) is 24.0 Å². The van der Waals surface area contributed by atoms with E-state index < -0.39 is 0 Å². The van der Waals surface area contributed by atoms with Gasteiger partial charge in [-0.15, -0.1) is 0 Å². The summed E-state index contributed by atoms with van der Waals surface area (Å²) in [6, 6.07) is 5.55. The topological polar surface area (TPSA) is 47.6 Å². The molecule has 0 aliphatic carbocycles. The van der Waals surface area contributed by atoms with E-state index in [9.17, 15) is 4.79 Å². The van der Waals surface area contributed by atoms with Gasteiger partial charge in [-0.05, 0) is 24.5 Å². The van der Waals surface area contributed by atoms with Crippen LogP contribution in [0.15, 0.2) is 24.3 Å². The lowest BCUT2D eigenvalue weighted by Gasteiger charge is -2.09. The molecule has 4 heteroatoms. The molecule has 1 aromatic rings. The van der Waals surface area contributed by atoms with Crippen LogP contribution in [0.3, 0.4) is 0 Å². The average Bonchev–Trinajstić information content (AvgIpc) is 2.44. The van der Waals surface area contributed by atoms with Crippen molar-refractivity contribution in [2.24, 2.45) is 5.92 Å². The first-order valence-electron chi connectivity index (χ1n) is 6.75. The Morgan fingerprint density at radius 2 is 2.05 bits per heavy atom. The number of methoxy groups -OCH3 is 2. The van der Waals surface area contributed by atoms with Gasteiger partial charge in [0.25, 0.3) is 0 Å². The Labute approximate surface area is 120 Å². The first-order valence-corrected chi connectivity index (χ1v) is 6.75. The van der Waals surface area contributed by atoms with Crippen molar-refractivity contribution in [1.29, 1.82) is 0 Å². The van der Waals surface area contributed by atoms with Crippen LogP contribution in [0.4, 0.5) is 0 Å². The van der Waals surface area contributed by atoms with Crippen molar-refractivity contribution in [3.8, 4) is 11.5 Å². The normalized spacial score (nSPS) is 10.8. The van der Waals surface area contributed by atoms with Crippen LogP contribution in [-0.2, 0) is 4.79 Å². The van der Waals surface area contributed by atoms with E-state index in [1.54, 1.807) is 20.3 Å². The van der Waals surface area contributed by atoms with E-state index in [1.807, 2.05) is 18.2 Å². The van der Waals surface area contributed by atoms with Gasteiger partial charge in [0.1, 0.15) is 0 Å². The molecule has 1 amide bonds. The highest BCUT2D eigenvalue weighted by Gasteiger charge is 2.07. The molecule has 0 aliphatic heterocycles. The number of nitrogens with one attached hydrogen (secondary N) is 1. The molecule has 0 bridgehead atoms. The molecule has 0 fully saturated rings. The summed E-state index contributed by atoms with van der Waals surface area (Å²) in [6.07, 6.45) is 4.21. The summed E-state index contributed by atoms with van der Waals surface area (Å²) in [5.74, 6) is 1.75. The summed E-state index contributed by atoms with van der Waals surface area (Å²) in [5.41, 5.74) is 0.811. The second-order valence-electron chi connectivity index (χ2n) is 4.89. The summed E-state index contributed by atoms with van der Waals surface area (Å²) in [7, 11) is 3.17. The predicted octanol–water partition coefficient (Wildman–Crippen LogP) is 2.88. The number of carbonyl (C=O) groups is 1. The van der Waals surface area contributed by atoms with Crippen molar-refractivity contribution in [2.75, 3.05) is 20.8 Å². The van der Waals surface area contributed by atoms with E-state index in [4.69, 9.17) is 9.47 Å². The van der Waals surface area contributed by atoms with E-state index in [1.165, 1.54) is 6.08 Å². The van der Waals surface area contributed by atoms with E-state index in [-0.39, 0.29) is 5.91 Å². The number of carbonyl (C=O) groups excluding carboxylic acids is 1. The van der Waals surface area contributed by atoms with Gasteiger partial charge in [-0.2, -0.15) is 0 Å². The molecule has 1 aromatic carbocycles. The highest BCUT2D eigenvalue weighted by atomic mass is 16.5. The molecule has 0 saturated heterocycles. The van der Waals surface area contributed by atoms with E-state index >= 15 is 0 Å².